The molecule has 2 unspecified atom stereocenters. The molecular formula is C8H15N5. The van der Waals surface area contributed by atoms with Crippen molar-refractivity contribution >= 4 is 5.95 Å². The summed E-state index contributed by atoms with van der Waals surface area (Å²) >= 11 is 0. The van der Waals surface area contributed by atoms with Gasteiger partial charge in [0, 0.05) is 6.04 Å². The summed E-state index contributed by atoms with van der Waals surface area (Å²) in [5, 5.41) is 17.0. The summed E-state index contributed by atoms with van der Waals surface area (Å²) in [6.07, 6.45) is 5.09. The number of nitrogens with zero attached hydrogens (tertiary/aromatic N) is 3. The lowest BCUT2D eigenvalue weighted by Gasteiger charge is -2.26. The maximum Gasteiger partial charge on any atom is 0.263 e. The number of tetrazole rings is 1. The monoisotopic (exact) mass is 181 g/mol. The number of H-pyrrole nitrogens is 1. The molecule has 0 radical (unpaired) electrons. The minimum Gasteiger partial charge on any atom is -0.349 e. The maximum atomic E-state index is 3.88. The molecule has 0 saturated heterocycles. The van der Waals surface area contributed by atoms with Crippen LogP contribution in [0.25, 0.3) is 0 Å². The van der Waals surface area contributed by atoms with Gasteiger partial charge in [-0.15, -0.1) is 5.10 Å². The fraction of sp³-hybridized carbons (Fsp3) is 0.875. The molecule has 5 nitrogen and oxygen atoms in total. The van der Waals surface area contributed by atoms with Gasteiger partial charge in [0.05, 0.1) is 0 Å². The summed E-state index contributed by atoms with van der Waals surface area (Å²) in [4.78, 5) is 0. The molecule has 0 aliphatic heterocycles. The van der Waals surface area contributed by atoms with Crippen LogP contribution in [0.2, 0.25) is 0 Å². The fourth-order valence-corrected chi connectivity index (χ4v) is 1.97. The first-order valence-corrected chi connectivity index (χ1v) is 4.84. The van der Waals surface area contributed by atoms with Crippen LogP contribution in [0.1, 0.15) is 32.6 Å². The molecule has 0 bridgehead atoms. The van der Waals surface area contributed by atoms with Crippen LogP contribution in [-0.2, 0) is 0 Å². The van der Waals surface area contributed by atoms with Gasteiger partial charge >= 0.3 is 0 Å². The zero-order valence-corrected chi connectivity index (χ0v) is 7.82. The summed E-state index contributed by atoms with van der Waals surface area (Å²) in [5.74, 6) is 1.44. The average molecular weight is 181 g/mol. The summed E-state index contributed by atoms with van der Waals surface area (Å²) < 4.78 is 0. The molecule has 1 saturated carbocycles. The Labute approximate surface area is 77.3 Å². The SMILES string of the molecule is CC1CCCC(Nc2nn[nH]n2)C1. The predicted octanol–water partition coefficient (Wildman–Crippen LogP) is 1.19. The van der Waals surface area contributed by atoms with E-state index in [-0.39, 0.29) is 0 Å². The first-order chi connectivity index (χ1) is 6.34. The summed E-state index contributed by atoms with van der Waals surface area (Å²) in [6, 6.07) is 0.529. The highest BCUT2D eigenvalue weighted by Gasteiger charge is 2.19. The molecule has 0 aromatic carbocycles. The molecule has 1 aromatic heterocycles. The van der Waals surface area contributed by atoms with Gasteiger partial charge in [-0.1, -0.05) is 24.9 Å². The maximum absolute atomic E-state index is 3.88. The number of anilines is 1. The second-order valence-corrected chi connectivity index (χ2v) is 3.85. The normalized spacial score (nSPS) is 28.7. The minimum absolute atomic E-state index is 0.529. The van der Waals surface area contributed by atoms with E-state index >= 15 is 0 Å². The minimum atomic E-state index is 0.529. The van der Waals surface area contributed by atoms with Gasteiger partial charge in [0.1, 0.15) is 0 Å². The number of aromatic nitrogens is 4. The molecule has 0 amide bonds. The lowest BCUT2D eigenvalue weighted by atomic mass is 9.87. The quantitative estimate of drug-likeness (QED) is 0.719. The van der Waals surface area contributed by atoms with Crippen LogP contribution in [0.4, 0.5) is 5.95 Å². The molecule has 1 fully saturated rings. The number of aromatic amines is 1. The third-order valence-corrected chi connectivity index (χ3v) is 2.61. The van der Waals surface area contributed by atoms with Crippen molar-refractivity contribution in [1.82, 2.24) is 20.6 Å². The zero-order valence-electron chi connectivity index (χ0n) is 7.82. The number of hydrogen-bond acceptors (Lipinski definition) is 4. The van der Waals surface area contributed by atoms with Gasteiger partial charge in [-0.05, 0) is 24.0 Å². The third kappa shape index (κ3) is 2.17. The molecule has 72 valence electrons. The molecule has 13 heavy (non-hydrogen) atoms. The molecule has 1 aliphatic carbocycles. The van der Waals surface area contributed by atoms with E-state index in [2.05, 4.69) is 32.9 Å². The molecule has 1 heterocycles. The Kier molecular flexibility index (Phi) is 2.42. The van der Waals surface area contributed by atoms with E-state index in [9.17, 15) is 0 Å². The van der Waals surface area contributed by atoms with E-state index < -0.39 is 0 Å². The van der Waals surface area contributed by atoms with Gasteiger partial charge in [0.25, 0.3) is 5.95 Å². The molecule has 2 rings (SSSR count). The Hall–Kier alpha value is -1.13. The van der Waals surface area contributed by atoms with E-state index in [1.54, 1.807) is 0 Å². The van der Waals surface area contributed by atoms with Crippen molar-refractivity contribution < 1.29 is 0 Å². The Balaban J connectivity index is 1.87. The van der Waals surface area contributed by atoms with Crippen molar-refractivity contribution in [3.8, 4) is 0 Å². The Bertz CT molecular complexity index is 245. The summed E-state index contributed by atoms with van der Waals surface area (Å²) in [5.41, 5.74) is 0. The van der Waals surface area contributed by atoms with Crippen LogP contribution >= 0.6 is 0 Å². The van der Waals surface area contributed by atoms with E-state index in [0.29, 0.717) is 12.0 Å². The summed E-state index contributed by atoms with van der Waals surface area (Å²) in [7, 11) is 0. The van der Waals surface area contributed by atoms with E-state index in [4.69, 9.17) is 0 Å². The van der Waals surface area contributed by atoms with Gasteiger partial charge < -0.3 is 5.32 Å². The van der Waals surface area contributed by atoms with E-state index in [1.807, 2.05) is 0 Å². The van der Waals surface area contributed by atoms with Crippen molar-refractivity contribution in [2.24, 2.45) is 5.92 Å². The largest absolute Gasteiger partial charge is 0.349 e. The second-order valence-electron chi connectivity index (χ2n) is 3.85. The Morgan fingerprint density at radius 2 is 2.38 bits per heavy atom. The molecule has 1 aliphatic rings. The van der Waals surface area contributed by atoms with Crippen molar-refractivity contribution in [1.29, 1.82) is 0 Å². The number of rotatable bonds is 2. The molecule has 0 spiro atoms. The van der Waals surface area contributed by atoms with Crippen LogP contribution in [0.3, 0.4) is 0 Å². The number of hydrogen-bond donors (Lipinski definition) is 2. The zero-order chi connectivity index (χ0) is 9.10. The standard InChI is InChI=1S/C8H15N5/c1-6-3-2-4-7(5-6)9-8-10-12-13-11-8/h6-7H,2-5H2,1H3,(H2,9,10,11,12,13). The summed E-state index contributed by atoms with van der Waals surface area (Å²) in [6.45, 7) is 2.30. The van der Waals surface area contributed by atoms with Gasteiger partial charge in [-0.2, -0.15) is 5.21 Å². The van der Waals surface area contributed by atoms with Crippen LogP contribution in [0.5, 0.6) is 0 Å². The smallest absolute Gasteiger partial charge is 0.263 e. The first kappa shape index (κ1) is 8.47. The first-order valence-electron chi connectivity index (χ1n) is 4.84. The highest BCUT2D eigenvalue weighted by Crippen LogP contribution is 2.24. The average Bonchev–Trinajstić information content (AvgIpc) is 2.57. The fourth-order valence-electron chi connectivity index (χ4n) is 1.97. The third-order valence-electron chi connectivity index (χ3n) is 2.61. The predicted molar refractivity (Wildman–Crippen MR) is 49.2 cm³/mol. The second kappa shape index (κ2) is 3.72. The lowest BCUT2D eigenvalue weighted by Crippen LogP contribution is -2.26. The van der Waals surface area contributed by atoms with Gasteiger partial charge in [0.2, 0.25) is 0 Å². The molecule has 1 aromatic rings. The Morgan fingerprint density at radius 3 is 3.08 bits per heavy atom. The molecular weight excluding hydrogens is 166 g/mol. The van der Waals surface area contributed by atoms with Crippen molar-refractivity contribution in [2.45, 2.75) is 38.6 Å². The van der Waals surface area contributed by atoms with Crippen LogP contribution in [0, 0.1) is 5.92 Å². The highest BCUT2D eigenvalue weighted by molar-refractivity contribution is 5.21. The van der Waals surface area contributed by atoms with E-state index in [0.717, 1.165) is 5.92 Å². The molecule has 5 heteroatoms. The molecule has 2 N–H and O–H groups in total. The van der Waals surface area contributed by atoms with Crippen molar-refractivity contribution in [3.63, 3.8) is 0 Å². The van der Waals surface area contributed by atoms with Crippen LogP contribution in [0.15, 0.2) is 0 Å². The van der Waals surface area contributed by atoms with Crippen LogP contribution < -0.4 is 5.32 Å². The van der Waals surface area contributed by atoms with Crippen molar-refractivity contribution in [2.75, 3.05) is 5.32 Å². The highest BCUT2D eigenvalue weighted by atomic mass is 15.5. The van der Waals surface area contributed by atoms with Crippen LogP contribution in [-0.4, -0.2) is 26.7 Å². The molecule has 2 atom stereocenters. The number of nitrogens with one attached hydrogen (secondary N) is 2. The van der Waals surface area contributed by atoms with Gasteiger partial charge in [0.15, 0.2) is 0 Å². The van der Waals surface area contributed by atoms with Gasteiger partial charge in [-0.25, -0.2) is 0 Å². The van der Waals surface area contributed by atoms with Crippen molar-refractivity contribution in [3.05, 3.63) is 0 Å². The van der Waals surface area contributed by atoms with Gasteiger partial charge in [-0.3, -0.25) is 0 Å². The topological polar surface area (TPSA) is 66.5 Å². The Morgan fingerprint density at radius 1 is 1.46 bits per heavy atom. The van der Waals surface area contributed by atoms with E-state index in [1.165, 1.54) is 25.7 Å². The lowest BCUT2D eigenvalue weighted by molar-refractivity contribution is 0.357.